The lowest BCUT2D eigenvalue weighted by molar-refractivity contribution is 0.355. The first-order chi connectivity index (χ1) is 7.28. The van der Waals surface area contributed by atoms with E-state index in [4.69, 9.17) is 13.9 Å². The van der Waals surface area contributed by atoms with E-state index in [9.17, 15) is 0 Å². The number of nitrogens with zero attached hydrogens (tertiary/aromatic N) is 1. The second-order valence-electron chi connectivity index (χ2n) is 2.94. The molecule has 1 aromatic carbocycles. The summed E-state index contributed by atoms with van der Waals surface area (Å²) >= 11 is 0. The van der Waals surface area contributed by atoms with E-state index >= 15 is 0 Å². The van der Waals surface area contributed by atoms with E-state index in [0.717, 1.165) is 5.52 Å². The Morgan fingerprint density at radius 2 is 1.87 bits per heavy atom. The molecule has 0 aliphatic rings. The van der Waals surface area contributed by atoms with Gasteiger partial charge in [-0.15, -0.1) is 0 Å². The van der Waals surface area contributed by atoms with E-state index in [0.29, 0.717) is 23.1 Å². The molecule has 0 atom stereocenters. The summed E-state index contributed by atoms with van der Waals surface area (Å²) in [4.78, 5) is 4.20. The normalized spacial score (nSPS) is 10.3. The van der Waals surface area contributed by atoms with Crippen LogP contribution >= 0.6 is 0 Å². The maximum absolute atomic E-state index is 5.40. The van der Waals surface area contributed by atoms with Gasteiger partial charge in [-0.3, -0.25) is 0 Å². The highest BCUT2D eigenvalue weighted by atomic mass is 16.5. The molecule has 0 bridgehead atoms. The van der Waals surface area contributed by atoms with E-state index in [-0.39, 0.29) is 0 Å². The Morgan fingerprint density at radius 3 is 2.47 bits per heavy atom. The van der Waals surface area contributed by atoms with Crippen molar-refractivity contribution in [3.8, 4) is 11.5 Å². The summed E-state index contributed by atoms with van der Waals surface area (Å²) in [6.45, 7) is 0. The van der Waals surface area contributed by atoms with Crippen molar-refractivity contribution in [2.75, 3.05) is 26.6 Å². The SMILES string of the molecule is CNc1nc2cc(OC)c(OC)cc2o1. The van der Waals surface area contributed by atoms with E-state index < -0.39 is 0 Å². The number of methoxy groups -OCH3 is 2. The molecule has 0 radical (unpaired) electrons. The van der Waals surface area contributed by atoms with Crippen LogP contribution in [0.1, 0.15) is 0 Å². The van der Waals surface area contributed by atoms with Gasteiger partial charge in [-0.25, -0.2) is 0 Å². The quantitative estimate of drug-likeness (QED) is 0.834. The fraction of sp³-hybridized carbons (Fsp3) is 0.300. The Labute approximate surface area is 87.0 Å². The van der Waals surface area contributed by atoms with Crippen molar-refractivity contribution in [2.45, 2.75) is 0 Å². The molecule has 0 aliphatic carbocycles. The van der Waals surface area contributed by atoms with Crippen molar-refractivity contribution in [1.82, 2.24) is 4.98 Å². The molecule has 15 heavy (non-hydrogen) atoms. The summed E-state index contributed by atoms with van der Waals surface area (Å²) in [6.07, 6.45) is 0. The minimum absolute atomic E-state index is 0.473. The lowest BCUT2D eigenvalue weighted by Crippen LogP contribution is -1.89. The summed E-state index contributed by atoms with van der Waals surface area (Å²) < 4.78 is 15.7. The van der Waals surface area contributed by atoms with Gasteiger partial charge < -0.3 is 19.2 Å². The highest BCUT2D eigenvalue weighted by Crippen LogP contribution is 2.32. The van der Waals surface area contributed by atoms with Gasteiger partial charge in [0.05, 0.1) is 14.2 Å². The molecular weight excluding hydrogens is 196 g/mol. The Bertz CT molecular complexity index is 438. The summed E-state index contributed by atoms with van der Waals surface area (Å²) in [6, 6.07) is 4.00. The van der Waals surface area contributed by atoms with Gasteiger partial charge in [0.25, 0.3) is 6.01 Å². The van der Waals surface area contributed by atoms with Crippen LogP contribution < -0.4 is 14.8 Å². The first-order valence-corrected chi connectivity index (χ1v) is 4.48. The van der Waals surface area contributed by atoms with Crippen LogP contribution in [0, 0.1) is 0 Å². The standard InChI is InChI=1S/C10H12N2O3/c1-11-10-12-6-4-8(13-2)9(14-3)5-7(6)15-10/h4-5H,1-3H3,(H,11,12). The molecule has 5 nitrogen and oxygen atoms in total. The number of hydrogen-bond donors (Lipinski definition) is 1. The number of benzene rings is 1. The first-order valence-electron chi connectivity index (χ1n) is 4.48. The summed E-state index contributed by atoms with van der Waals surface area (Å²) in [5.74, 6) is 1.27. The molecule has 0 saturated heterocycles. The molecule has 1 N–H and O–H groups in total. The molecule has 80 valence electrons. The van der Waals surface area contributed by atoms with Crippen LogP contribution in [-0.4, -0.2) is 26.3 Å². The van der Waals surface area contributed by atoms with Crippen molar-refractivity contribution >= 4 is 17.1 Å². The topological polar surface area (TPSA) is 56.5 Å². The van der Waals surface area contributed by atoms with Gasteiger partial charge in [-0.1, -0.05) is 0 Å². The minimum atomic E-state index is 0.473. The second kappa shape index (κ2) is 3.68. The monoisotopic (exact) mass is 208 g/mol. The van der Waals surface area contributed by atoms with Crippen LogP contribution in [0.2, 0.25) is 0 Å². The molecule has 1 heterocycles. The Kier molecular flexibility index (Phi) is 2.37. The molecular formula is C10H12N2O3. The number of anilines is 1. The average Bonchev–Trinajstić information content (AvgIpc) is 2.68. The molecule has 2 aromatic rings. The molecule has 0 spiro atoms. The maximum atomic E-state index is 5.40. The summed E-state index contributed by atoms with van der Waals surface area (Å²) in [5, 5.41) is 2.83. The van der Waals surface area contributed by atoms with E-state index in [2.05, 4.69) is 10.3 Å². The number of oxazole rings is 1. The Hall–Kier alpha value is -1.91. The molecule has 1 aromatic heterocycles. The molecule has 0 unspecified atom stereocenters. The third kappa shape index (κ3) is 1.56. The third-order valence-electron chi connectivity index (χ3n) is 2.11. The third-order valence-corrected chi connectivity index (χ3v) is 2.11. The number of nitrogens with one attached hydrogen (secondary N) is 1. The number of fused-ring (bicyclic) bond motifs is 1. The van der Waals surface area contributed by atoms with Crippen LogP contribution in [-0.2, 0) is 0 Å². The van der Waals surface area contributed by atoms with Gasteiger partial charge in [0.1, 0.15) is 5.52 Å². The van der Waals surface area contributed by atoms with Crippen LogP contribution in [0.4, 0.5) is 6.01 Å². The number of ether oxygens (including phenoxy) is 2. The average molecular weight is 208 g/mol. The van der Waals surface area contributed by atoms with E-state index in [1.165, 1.54) is 0 Å². The zero-order chi connectivity index (χ0) is 10.8. The zero-order valence-corrected chi connectivity index (χ0v) is 8.83. The van der Waals surface area contributed by atoms with E-state index in [1.807, 2.05) is 0 Å². The van der Waals surface area contributed by atoms with E-state index in [1.54, 1.807) is 33.4 Å². The molecule has 0 fully saturated rings. The molecule has 5 heteroatoms. The number of aromatic nitrogens is 1. The van der Waals surface area contributed by atoms with Gasteiger partial charge >= 0.3 is 0 Å². The Balaban J connectivity index is 2.61. The zero-order valence-electron chi connectivity index (χ0n) is 8.83. The minimum Gasteiger partial charge on any atom is -0.493 e. The predicted molar refractivity (Wildman–Crippen MR) is 56.7 cm³/mol. The Morgan fingerprint density at radius 1 is 1.20 bits per heavy atom. The largest absolute Gasteiger partial charge is 0.493 e. The first kappa shape index (κ1) is 9.64. The van der Waals surface area contributed by atoms with Gasteiger partial charge in [0.15, 0.2) is 17.1 Å². The molecule has 0 saturated carbocycles. The number of rotatable bonds is 3. The van der Waals surface area contributed by atoms with Crippen LogP contribution in [0.25, 0.3) is 11.1 Å². The van der Waals surface area contributed by atoms with Crippen LogP contribution in [0.15, 0.2) is 16.5 Å². The van der Waals surface area contributed by atoms with Crippen molar-refractivity contribution in [1.29, 1.82) is 0 Å². The predicted octanol–water partition coefficient (Wildman–Crippen LogP) is 1.89. The fourth-order valence-electron chi connectivity index (χ4n) is 1.36. The van der Waals surface area contributed by atoms with Gasteiger partial charge in [-0.05, 0) is 0 Å². The van der Waals surface area contributed by atoms with Crippen molar-refractivity contribution in [3.05, 3.63) is 12.1 Å². The fourth-order valence-corrected chi connectivity index (χ4v) is 1.36. The second-order valence-corrected chi connectivity index (χ2v) is 2.94. The van der Waals surface area contributed by atoms with Crippen LogP contribution in [0.3, 0.4) is 0 Å². The highest BCUT2D eigenvalue weighted by molar-refractivity contribution is 5.79. The van der Waals surface area contributed by atoms with Crippen molar-refractivity contribution in [3.63, 3.8) is 0 Å². The number of hydrogen-bond acceptors (Lipinski definition) is 5. The lowest BCUT2D eigenvalue weighted by Gasteiger charge is -2.05. The van der Waals surface area contributed by atoms with Crippen molar-refractivity contribution in [2.24, 2.45) is 0 Å². The van der Waals surface area contributed by atoms with Crippen LogP contribution in [0.5, 0.6) is 11.5 Å². The van der Waals surface area contributed by atoms with Gasteiger partial charge in [0.2, 0.25) is 0 Å². The summed E-state index contributed by atoms with van der Waals surface area (Å²) in [7, 11) is 4.92. The highest BCUT2D eigenvalue weighted by Gasteiger charge is 2.10. The van der Waals surface area contributed by atoms with Gasteiger partial charge in [-0.2, -0.15) is 4.98 Å². The summed E-state index contributed by atoms with van der Waals surface area (Å²) in [5.41, 5.74) is 1.40. The lowest BCUT2D eigenvalue weighted by atomic mass is 10.3. The molecule has 2 rings (SSSR count). The molecule has 0 aliphatic heterocycles. The maximum Gasteiger partial charge on any atom is 0.295 e. The van der Waals surface area contributed by atoms with Gasteiger partial charge in [0, 0.05) is 19.2 Å². The smallest absolute Gasteiger partial charge is 0.295 e. The molecule has 0 amide bonds. The van der Waals surface area contributed by atoms with Crippen molar-refractivity contribution < 1.29 is 13.9 Å².